The molecule has 0 saturated carbocycles. The highest BCUT2D eigenvalue weighted by Crippen LogP contribution is 2.61. The van der Waals surface area contributed by atoms with Gasteiger partial charge in [0, 0.05) is 12.8 Å². The number of hydrogen-bond acceptors (Lipinski definition) is 7. The zero-order valence-corrected chi connectivity index (χ0v) is 25.5. The molecule has 10 heteroatoms. The van der Waals surface area contributed by atoms with Crippen LogP contribution in [0, 0.1) is 0 Å². The molecule has 0 aromatic heterocycles. The van der Waals surface area contributed by atoms with Crippen molar-refractivity contribution in [1.29, 1.82) is 0 Å². The first kappa shape index (κ1) is 38.3. The van der Waals surface area contributed by atoms with Gasteiger partial charge in [-0.15, -0.1) is 13.2 Å². The number of hydrogen-bond donors (Lipinski definition) is 2. The fraction of sp³-hybridized carbons (Fsp3) is 0.643. The van der Waals surface area contributed by atoms with Crippen molar-refractivity contribution >= 4 is 29.3 Å². The van der Waals surface area contributed by atoms with Crippen LogP contribution in [-0.4, -0.2) is 67.9 Å². The maximum absolute atomic E-state index is 11.5. The molecule has 1 rings (SSSR count). The van der Waals surface area contributed by atoms with Crippen LogP contribution < -0.4 is 5.11 Å². The summed E-state index contributed by atoms with van der Waals surface area (Å²) in [6, 6.07) is 2.92. The molecular formula is C28H49O8PS. The maximum Gasteiger partial charge on any atom is 0.339 e. The molecule has 1 aromatic rings. The first-order chi connectivity index (χ1) is 18.0. The molecule has 0 aliphatic rings. The van der Waals surface area contributed by atoms with Crippen LogP contribution in [-0.2, 0) is 14.9 Å². The summed E-state index contributed by atoms with van der Waals surface area (Å²) in [7, 11) is -5.53. The summed E-state index contributed by atoms with van der Waals surface area (Å²) in [5.74, 6) is -3.06. The average molecular weight is 577 g/mol. The monoisotopic (exact) mass is 576 g/mol. The Hall–Kier alpha value is -1.80. The summed E-state index contributed by atoms with van der Waals surface area (Å²) in [5.41, 5.74) is -1.52. The molecule has 0 fully saturated rings. The molecule has 0 aliphatic heterocycles. The van der Waals surface area contributed by atoms with Crippen LogP contribution in [0.15, 0.2) is 36.3 Å². The highest BCUT2D eigenvalue weighted by Gasteiger charge is 2.34. The lowest BCUT2D eigenvalue weighted by molar-refractivity contribution is -0.255. The van der Waals surface area contributed by atoms with Gasteiger partial charge in [0.1, 0.15) is 11.5 Å². The van der Waals surface area contributed by atoms with Crippen molar-refractivity contribution in [1.82, 2.24) is 0 Å². The van der Waals surface area contributed by atoms with Crippen molar-refractivity contribution in [3.05, 3.63) is 42.5 Å². The van der Waals surface area contributed by atoms with E-state index in [1.54, 1.807) is 24.6 Å². The molecule has 0 bridgehead atoms. The van der Waals surface area contributed by atoms with Crippen molar-refractivity contribution in [3.8, 4) is 0 Å². The van der Waals surface area contributed by atoms with Crippen LogP contribution in [0.2, 0.25) is 0 Å². The molecule has 0 aliphatic carbocycles. The maximum atomic E-state index is 11.5. The Balaban J connectivity index is 0. The first-order valence-electron chi connectivity index (χ1n) is 13.5. The van der Waals surface area contributed by atoms with E-state index >= 15 is 0 Å². The number of unbranched alkanes of at least 4 members (excludes halogenated alkanes) is 4. The van der Waals surface area contributed by atoms with E-state index < -0.39 is 58.6 Å². The zero-order valence-electron chi connectivity index (χ0n) is 23.7. The van der Waals surface area contributed by atoms with Crippen LogP contribution in [0.4, 0.5) is 0 Å². The second-order valence-electron chi connectivity index (χ2n) is 8.95. The molecule has 2 N–H and O–H groups in total. The standard InChI is InChI=1S/C16H36P.C10H10O8S.C2H4/c1-5-9-13-17(14-10-6-2,15-11-7-3)16-12-8-4;11-4-5-18-10(14)7-3-1-2-6(9(12)13)8(7)19(15,16)17;1-2/h5-16H2,1-4H3;1-3,11H,4-5H2,(H,12,13)(H,15,16,17);1-2H2/q+1;;/p-1. The van der Waals surface area contributed by atoms with Gasteiger partial charge in [-0.25, -0.2) is 4.79 Å². The van der Waals surface area contributed by atoms with E-state index in [9.17, 15) is 23.1 Å². The number of aliphatic hydroxyl groups excluding tert-OH is 1. The highest BCUT2D eigenvalue weighted by molar-refractivity contribution is 7.86. The summed E-state index contributed by atoms with van der Waals surface area (Å²) in [5, 5.41) is 19.3. The van der Waals surface area contributed by atoms with Gasteiger partial charge in [-0.05, 0) is 31.7 Å². The summed E-state index contributed by atoms with van der Waals surface area (Å²) < 4.78 is 35.8. The van der Waals surface area contributed by atoms with E-state index in [0.29, 0.717) is 0 Å². The fourth-order valence-electron chi connectivity index (χ4n) is 4.00. The van der Waals surface area contributed by atoms with E-state index in [-0.39, 0.29) is 0 Å². The lowest BCUT2D eigenvalue weighted by Crippen LogP contribution is -2.26. The van der Waals surface area contributed by atoms with E-state index in [1.165, 1.54) is 51.4 Å². The minimum atomic E-state index is -4.96. The van der Waals surface area contributed by atoms with Gasteiger partial charge in [0.05, 0.1) is 42.8 Å². The Kier molecular flexibility index (Phi) is 22.3. The van der Waals surface area contributed by atoms with Gasteiger partial charge >= 0.3 is 5.97 Å². The number of carbonyl (C=O) groups is 2. The second kappa shape index (κ2) is 22.1. The third-order valence-electron chi connectivity index (χ3n) is 5.98. The van der Waals surface area contributed by atoms with Gasteiger partial charge in [-0.3, -0.25) is 4.55 Å². The predicted molar refractivity (Wildman–Crippen MR) is 155 cm³/mol. The molecule has 220 valence electrons. The van der Waals surface area contributed by atoms with E-state index in [1.807, 2.05) is 0 Å². The van der Waals surface area contributed by atoms with Crippen molar-refractivity contribution in [2.24, 2.45) is 0 Å². The van der Waals surface area contributed by atoms with Crippen LogP contribution in [0.5, 0.6) is 0 Å². The quantitative estimate of drug-likeness (QED) is 0.108. The second-order valence-corrected chi connectivity index (χ2v) is 14.8. The first-order valence-corrected chi connectivity index (χ1v) is 17.4. The minimum Gasteiger partial charge on any atom is -0.545 e. The largest absolute Gasteiger partial charge is 0.545 e. The molecule has 0 radical (unpaired) electrons. The number of carboxylic acid groups (broad SMARTS) is 1. The molecule has 0 saturated heterocycles. The number of ether oxygens (including phenoxy) is 1. The summed E-state index contributed by atoms with van der Waals surface area (Å²) in [6.45, 7) is 14.5. The fourth-order valence-corrected chi connectivity index (χ4v) is 10.1. The zero-order chi connectivity index (χ0) is 29.6. The molecule has 38 heavy (non-hydrogen) atoms. The van der Waals surface area contributed by atoms with Gasteiger partial charge in [0.15, 0.2) is 0 Å². The molecule has 0 amide bonds. The van der Waals surface area contributed by atoms with E-state index in [0.717, 1.165) is 18.2 Å². The molecular weight excluding hydrogens is 527 g/mol. The molecule has 1 aromatic carbocycles. The topological polar surface area (TPSA) is 141 Å². The molecule has 0 unspecified atom stereocenters. The van der Waals surface area contributed by atoms with Crippen molar-refractivity contribution < 1.29 is 37.5 Å². The Morgan fingerprint density at radius 3 is 1.58 bits per heavy atom. The number of benzene rings is 1. The molecule has 0 heterocycles. The van der Waals surface area contributed by atoms with Gasteiger partial charge in [0.25, 0.3) is 10.1 Å². The van der Waals surface area contributed by atoms with Crippen LogP contribution in [0.3, 0.4) is 0 Å². The van der Waals surface area contributed by atoms with Gasteiger partial charge in [-0.1, -0.05) is 65.5 Å². The van der Waals surface area contributed by atoms with Crippen LogP contribution in [0.1, 0.15) is 99.8 Å². The van der Waals surface area contributed by atoms with E-state index in [4.69, 9.17) is 9.66 Å². The molecule has 0 spiro atoms. The third kappa shape index (κ3) is 15.0. The number of carboxylic acids is 1. The Morgan fingerprint density at radius 2 is 1.26 bits per heavy atom. The smallest absolute Gasteiger partial charge is 0.339 e. The van der Waals surface area contributed by atoms with Gasteiger partial charge in [0.2, 0.25) is 0 Å². The third-order valence-corrected chi connectivity index (χ3v) is 12.0. The lowest BCUT2D eigenvalue weighted by atomic mass is 10.1. The Bertz CT molecular complexity index is 865. The molecule has 8 nitrogen and oxygen atoms in total. The van der Waals surface area contributed by atoms with Crippen molar-refractivity contribution in [3.63, 3.8) is 0 Å². The summed E-state index contributed by atoms with van der Waals surface area (Å²) in [6.07, 6.45) is 17.9. The number of carbonyl (C=O) groups excluding carboxylic acids is 2. The van der Waals surface area contributed by atoms with Crippen molar-refractivity contribution in [2.75, 3.05) is 37.9 Å². The van der Waals surface area contributed by atoms with Gasteiger partial charge < -0.3 is 19.7 Å². The van der Waals surface area contributed by atoms with Crippen LogP contribution >= 0.6 is 7.26 Å². The van der Waals surface area contributed by atoms with Crippen LogP contribution in [0.25, 0.3) is 0 Å². The lowest BCUT2D eigenvalue weighted by Gasteiger charge is -2.28. The predicted octanol–water partition coefficient (Wildman–Crippen LogP) is 5.45. The number of esters is 1. The summed E-state index contributed by atoms with van der Waals surface area (Å²) >= 11 is 0. The number of aliphatic hydroxyl groups is 1. The molecule has 0 atom stereocenters. The highest BCUT2D eigenvalue weighted by atomic mass is 32.2. The number of rotatable bonds is 17. The SMILES string of the molecule is C=C.CCCC[P+](CCCC)(CCCC)CCCC.O=C([O-])c1cccc(C(=O)OCCO)c1S(=O)(=O)O. The number of aromatic carboxylic acids is 1. The average Bonchev–Trinajstić information content (AvgIpc) is 2.91. The normalized spacial score (nSPS) is 11.0. The Morgan fingerprint density at radius 1 is 0.868 bits per heavy atom. The van der Waals surface area contributed by atoms with E-state index in [2.05, 4.69) is 45.6 Å². The van der Waals surface area contributed by atoms with Gasteiger partial charge in [-0.2, -0.15) is 8.42 Å². The van der Waals surface area contributed by atoms with Crippen molar-refractivity contribution in [2.45, 2.75) is 84.0 Å². The summed E-state index contributed by atoms with van der Waals surface area (Å²) in [4.78, 5) is 21.2. The Labute approximate surface area is 231 Å². The minimum absolute atomic E-state index is 0.403.